The summed E-state index contributed by atoms with van der Waals surface area (Å²) >= 11 is 0. The molecule has 0 radical (unpaired) electrons. The van der Waals surface area contributed by atoms with Crippen molar-refractivity contribution in [1.29, 1.82) is 0 Å². The molecule has 0 aliphatic heterocycles. The number of benzene rings is 6. The van der Waals surface area contributed by atoms with E-state index in [1.807, 2.05) is 48.5 Å². The zero-order valence-electron chi connectivity index (χ0n) is 23.2. The van der Waals surface area contributed by atoms with Crippen LogP contribution in [0.4, 0.5) is 0 Å². The number of hydrogen-bond donors (Lipinski definition) is 0. The summed E-state index contributed by atoms with van der Waals surface area (Å²) in [6.07, 6.45) is 0. The Bertz CT molecular complexity index is 2210. The molecule has 4 heteroatoms. The monoisotopic (exact) mass is 551 g/mol. The van der Waals surface area contributed by atoms with Gasteiger partial charge >= 0.3 is 0 Å². The maximum absolute atomic E-state index is 6.39. The summed E-state index contributed by atoms with van der Waals surface area (Å²) < 4.78 is 6.39. The van der Waals surface area contributed by atoms with Crippen molar-refractivity contribution in [3.63, 3.8) is 0 Å². The molecule has 202 valence electrons. The number of furan rings is 1. The Morgan fingerprint density at radius 2 is 0.651 bits per heavy atom. The Morgan fingerprint density at radius 3 is 1.21 bits per heavy atom. The first kappa shape index (κ1) is 24.9. The van der Waals surface area contributed by atoms with Crippen molar-refractivity contribution >= 4 is 21.9 Å². The third kappa shape index (κ3) is 4.75. The van der Waals surface area contributed by atoms with Crippen molar-refractivity contribution in [1.82, 2.24) is 15.0 Å². The molecule has 4 nitrogen and oxygen atoms in total. The van der Waals surface area contributed by atoms with Crippen LogP contribution >= 0.6 is 0 Å². The molecule has 0 N–H and O–H groups in total. The van der Waals surface area contributed by atoms with E-state index in [-0.39, 0.29) is 0 Å². The summed E-state index contributed by atoms with van der Waals surface area (Å²) in [6, 6.07) is 51.7. The second-order valence-electron chi connectivity index (χ2n) is 10.5. The van der Waals surface area contributed by atoms with E-state index in [1.54, 1.807) is 0 Å². The zero-order chi connectivity index (χ0) is 28.6. The lowest BCUT2D eigenvalue weighted by Crippen LogP contribution is -2.00. The molecule has 6 aromatic carbocycles. The number of nitrogens with zero attached hydrogens (tertiary/aromatic N) is 3. The van der Waals surface area contributed by atoms with Crippen LogP contribution in [-0.4, -0.2) is 15.0 Å². The Kier molecular flexibility index (Phi) is 6.08. The van der Waals surface area contributed by atoms with Crippen LogP contribution in [0.15, 0.2) is 156 Å². The third-order valence-corrected chi connectivity index (χ3v) is 7.76. The zero-order valence-corrected chi connectivity index (χ0v) is 23.2. The second-order valence-corrected chi connectivity index (χ2v) is 10.5. The van der Waals surface area contributed by atoms with Crippen LogP contribution in [0, 0.1) is 0 Å². The Morgan fingerprint density at radius 1 is 0.302 bits per heavy atom. The van der Waals surface area contributed by atoms with Crippen molar-refractivity contribution in [3.8, 4) is 56.4 Å². The van der Waals surface area contributed by atoms with Gasteiger partial charge in [0.05, 0.1) is 0 Å². The van der Waals surface area contributed by atoms with Crippen LogP contribution in [0.5, 0.6) is 0 Å². The van der Waals surface area contributed by atoms with Gasteiger partial charge in [0.15, 0.2) is 17.5 Å². The van der Waals surface area contributed by atoms with E-state index in [0.29, 0.717) is 17.5 Å². The molecular formula is C39H25N3O. The predicted molar refractivity (Wildman–Crippen MR) is 174 cm³/mol. The van der Waals surface area contributed by atoms with Gasteiger partial charge in [0.1, 0.15) is 11.2 Å². The standard InChI is InChI=1S/C39H25N3O/c1-4-10-26(11-5-1)28-16-18-30(19-17-28)38-40-37(29-14-8-3-9-15-29)41-39(42-38)32-21-23-34-33-22-20-31(27-12-6-2-7-13-27)24-35(33)43-36(34)25-32/h1-25H. The minimum absolute atomic E-state index is 0.600. The summed E-state index contributed by atoms with van der Waals surface area (Å²) in [5.74, 6) is 1.86. The van der Waals surface area contributed by atoms with E-state index in [4.69, 9.17) is 19.4 Å². The van der Waals surface area contributed by atoms with E-state index in [1.165, 1.54) is 5.56 Å². The van der Waals surface area contributed by atoms with Crippen LogP contribution in [0.2, 0.25) is 0 Å². The second kappa shape index (κ2) is 10.5. The highest BCUT2D eigenvalue weighted by Gasteiger charge is 2.15. The normalized spacial score (nSPS) is 11.3. The topological polar surface area (TPSA) is 51.8 Å². The molecule has 8 rings (SSSR count). The van der Waals surface area contributed by atoms with Crippen LogP contribution in [0.25, 0.3) is 78.4 Å². The largest absolute Gasteiger partial charge is 0.456 e. The molecule has 0 aliphatic carbocycles. The van der Waals surface area contributed by atoms with E-state index in [9.17, 15) is 0 Å². The molecule has 0 fully saturated rings. The fraction of sp³-hybridized carbons (Fsp3) is 0. The Hall–Kier alpha value is -5.87. The lowest BCUT2D eigenvalue weighted by atomic mass is 10.0. The molecule has 43 heavy (non-hydrogen) atoms. The summed E-state index contributed by atoms with van der Waals surface area (Å²) in [4.78, 5) is 14.8. The third-order valence-electron chi connectivity index (χ3n) is 7.76. The van der Waals surface area contributed by atoms with Crippen molar-refractivity contribution in [2.45, 2.75) is 0 Å². The number of aromatic nitrogens is 3. The van der Waals surface area contributed by atoms with Gasteiger partial charge in [0.25, 0.3) is 0 Å². The van der Waals surface area contributed by atoms with E-state index in [2.05, 4.69) is 103 Å². The van der Waals surface area contributed by atoms with Crippen LogP contribution < -0.4 is 0 Å². The summed E-state index contributed by atoms with van der Waals surface area (Å²) in [6.45, 7) is 0. The van der Waals surface area contributed by atoms with Gasteiger partial charge in [-0.3, -0.25) is 0 Å². The SMILES string of the molecule is c1ccc(-c2ccc(-c3nc(-c4ccccc4)nc(-c4ccc5c(c4)oc4cc(-c6ccccc6)ccc45)n3)cc2)cc1. The fourth-order valence-corrected chi connectivity index (χ4v) is 5.52. The molecule has 0 atom stereocenters. The highest BCUT2D eigenvalue weighted by molar-refractivity contribution is 6.06. The van der Waals surface area contributed by atoms with Crippen molar-refractivity contribution in [2.24, 2.45) is 0 Å². The Labute approximate surface area is 249 Å². The Balaban J connectivity index is 1.23. The highest BCUT2D eigenvalue weighted by atomic mass is 16.3. The van der Waals surface area contributed by atoms with E-state index >= 15 is 0 Å². The average molecular weight is 552 g/mol. The van der Waals surface area contributed by atoms with Gasteiger partial charge in [-0.15, -0.1) is 0 Å². The maximum Gasteiger partial charge on any atom is 0.164 e. The predicted octanol–water partition coefficient (Wildman–Crippen LogP) is 10.1. The molecule has 0 saturated carbocycles. The maximum atomic E-state index is 6.39. The van der Waals surface area contributed by atoms with Gasteiger partial charge in [-0.05, 0) is 46.5 Å². The fourth-order valence-electron chi connectivity index (χ4n) is 5.52. The van der Waals surface area contributed by atoms with Crippen LogP contribution in [0.1, 0.15) is 0 Å². The number of fused-ring (bicyclic) bond motifs is 3. The number of rotatable bonds is 5. The summed E-state index contributed by atoms with van der Waals surface area (Å²) in [5, 5.41) is 2.15. The minimum atomic E-state index is 0.600. The lowest BCUT2D eigenvalue weighted by Gasteiger charge is -2.09. The molecular weight excluding hydrogens is 526 g/mol. The summed E-state index contributed by atoms with van der Waals surface area (Å²) in [7, 11) is 0. The summed E-state index contributed by atoms with van der Waals surface area (Å²) in [5.41, 5.74) is 9.00. The van der Waals surface area contributed by atoms with Gasteiger partial charge in [-0.25, -0.2) is 15.0 Å². The molecule has 2 aromatic heterocycles. The van der Waals surface area contributed by atoms with Crippen molar-refractivity contribution in [2.75, 3.05) is 0 Å². The van der Waals surface area contributed by atoms with E-state index < -0.39 is 0 Å². The molecule has 0 aliphatic rings. The molecule has 0 amide bonds. The number of hydrogen-bond acceptors (Lipinski definition) is 4. The first-order chi connectivity index (χ1) is 21.3. The molecule has 8 aromatic rings. The molecule has 2 heterocycles. The lowest BCUT2D eigenvalue weighted by molar-refractivity contribution is 0.669. The first-order valence-electron chi connectivity index (χ1n) is 14.3. The van der Waals surface area contributed by atoms with Gasteiger partial charge in [0, 0.05) is 27.5 Å². The van der Waals surface area contributed by atoms with Crippen LogP contribution in [0.3, 0.4) is 0 Å². The van der Waals surface area contributed by atoms with Crippen LogP contribution in [-0.2, 0) is 0 Å². The van der Waals surface area contributed by atoms with Crippen molar-refractivity contribution < 1.29 is 4.42 Å². The van der Waals surface area contributed by atoms with Gasteiger partial charge in [-0.2, -0.15) is 0 Å². The molecule has 0 bridgehead atoms. The van der Waals surface area contributed by atoms with Gasteiger partial charge < -0.3 is 4.42 Å². The average Bonchev–Trinajstić information content (AvgIpc) is 3.46. The minimum Gasteiger partial charge on any atom is -0.456 e. The quantitative estimate of drug-likeness (QED) is 0.214. The van der Waals surface area contributed by atoms with Crippen molar-refractivity contribution in [3.05, 3.63) is 152 Å². The van der Waals surface area contributed by atoms with E-state index in [0.717, 1.165) is 55.3 Å². The smallest absolute Gasteiger partial charge is 0.164 e. The van der Waals surface area contributed by atoms with Gasteiger partial charge in [-0.1, -0.05) is 127 Å². The first-order valence-corrected chi connectivity index (χ1v) is 14.3. The molecule has 0 spiro atoms. The highest BCUT2D eigenvalue weighted by Crippen LogP contribution is 2.35. The molecule has 0 unspecified atom stereocenters. The van der Waals surface area contributed by atoms with Gasteiger partial charge in [0.2, 0.25) is 0 Å². The molecule has 0 saturated heterocycles.